The maximum atomic E-state index is 6.14. The van der Waals surface area contributed by atoms with Crippen molar-refractivity contribution in [3.05, 3.63) is 30.3 Å². The van der Waals surface area contributed by atoms with Crippen LogP contribution in [0.15, 0.2) is 30.3 Å². The van der Waals surface area contributed by atoms with Gasteiger partial charge in [-0.15, -0.1) is 0 Å². The zero-order valence-corrected chi connectivity index (χ0v) is 10.7. The summed E-state index contributed by atoms with van der Waals surface area (Å²) in [5, 5.41) is 15.2. The van der Waals surface area contributed by atoms with Gasteiger partial charge in [0.2, 0.25) is 5.95 Å². The van der Waals surface area contributed by atoms with Crippen LogP contribution in [0, 0.1) is 0 Å². The van der Waals surface area contributed by atoms with Crippen LogP contribution in [0.2, 0.25) is 0 Å². The van der Waals surface area contributed by atoms with Gasteiger partial charge in [0, 0.05) is 12.1 Å². The second-order valence-electron chi connectivity index (χ2n) is 4.95. The fourth-order valence-corrected chi connectivity index (χ4v) is 2.52. The third-order valence-electron chi connectivity index (χ3n) is 3.60. The van der Waals surface area contributed by atoms with Crippen LogP contribution >= 0.6 is 0 Å². The van der Waals surface area contributed by atoms with Gasteiger partial charge in [0.05, 0.1) is 5.69 Å². The molecule has 3 rings (SSSR count). The van der Waals surface area contributed by atoms with E-state index in [1.54, 1.807) is 4.68 Å². The summed E-state index contributed by atoms with van der Waals surface area (Å²) >= 11 is 0. The van der Waals surface area contributed by atoms with Crippen molar-refractivity contribution in [3.8, 4) is 5.69 Å². The lowest BCUT2D eigenvalue weighted by molar-refractivity contribution is 0.402. The molecule has 2 unspecified atom stereocenters. The van der Waals surface area contributed by atoms with Crippen LogP contribution in [-0.4, -0.2) is 32.3 Å². The number of aromatic nitrogens is 4. The number of anilines is 1. The van der Waals surface area contributed by atoms with Crippen molar-refractivity contribution in [2.75, 3.05) is 5.32 Å². The molecular weight excluding hydrogens is 240 g/mol. The molecule has 2 aromatic rings. The van der Waals surface area contributed by atoms with E-state index >= 15 is 0 Å². The molecule has 0 bridgehead atoms. The zero-order valence-electron chi connectivity index (χ0n) is 10.7. The lowest BCUT2D eigenvalue weighted by Gasteiger charge is -2.29. The summed E-state index contributed by atoms with van der Waals surface area (Å²) in [5.74, 6) is 0.661. The summed E-state index contributed by atoms with van der Waals surface area (Å²) < 4.78 is 1.71. The Kier molecular flexibility index (Phi) is 3.41. The van der Waals surface area contributed by atoms with Crippen molar-refractivity contribution in [3.63, 3.8) is 0 Å². The van der Waals surface area contributed by atoms with Crippen LogP contribution in [0.25, 0.3) is 5.69 Å². The Morgan fingerprint density at radius 1 is 1.16 bits per heavy atom. The van der Waals surface area contributed by atoms with Gasteiger partial charge in [0.25, 0.3) is 0 Å². The number of tetrazole rings is 1. The summed E-state index contributed by atoms with van der Waals surface area (Å²) in [4.78, 5) is 0. The minimum Gasteiger partial charge on any atom is -0.348 e. The zero-order chi connectivity index (χ0) is 13.1. The van der Waals surface area contributed by atoms with Crippen molar-refractivity contribution in [2.24, 2.45) is 5.73 Å². The minimum atomic E-state index is 0.176. The molecule has 1 saturated carbocycles. The van der Waals surface area contributed by atoms with Gasteiger partial charge in [-0.3, -0.25) is 0 Å². The van der Waals surface area contributed by atoms with Crippen molar-refractivity contribution < 1.29 is 0 Å². The molecule has 6 heteroatoms. The molecule has 1 fully saturated rings. The van der Waals surface area contributed by atoms with E-state index in [-0.39, 0.29) is 12.1 Å². The first-order valence-electron chi connectivity index (χ1n) is 6.70. The van der Waals surface area contributed by atoms with Crippen molar-refractivity contribution in [1.82, 2.24) is 20.2 Å². The average molecular weight is 258 g/mol. The van der Waals surface area contributed by atoms with Crippen LogP contribution in [-0.2, 0) is 0 Å². The van der Waals surface area contributed by atoms with Crippen LogP contribution in [0.3, 0.4) is 0 Å². The minimum absolute atomic E-state index is 0.176. The molecule has 0 aliphatic heterocycles. The van der Waals surface area contributed by atoms with Gasteiger partial charge in [-0.05, 0) is 35.4 Å². The number of benzene rings is 1. The van der Waals surface area contributed by atoms with E-state index < -0.39 is 0 Å². The lowest BCUT2D eigenvalue weighted by atomic mass is 9.91. The maximum Gasteiger partial charge on any atom is 0.248 e. The number of nitrogens with zero attached hydrogens (tertiary/aromatic N) is 4. The Balaban J connectivity index is 1.81. The number of para-hydroxylation sites is 1. The van der Waals surface area contributed by atoms with Crippen LogP contribution in [0.1, 0.15) is 25.7 Å². The van der Waals surface area contributed by atoms with E-state index in [4.69, 9.17) is 5.73 Å². The third kappa shape index (κ3) is 2.58. The quantitative estimate of drug-likeness (QED) is 0.868. The standard InChI is InChI=1S/C13H18N6/c14-11-8-4-5-9-12(11)15-13-16-17-18-19(13)10-6-2-1-3-7-10/h1-3,6-7,11-12H,4-5,8-9,14H2,(H,15,16,18). The molecule has 1 heterocycles. The first-order valence-corrected chi connectivity index (χ1v) is 6.70. The molecule has 0 spiro atoms. The molecule has 0 amide bonds. The van der Waals surface area contributed by atoms with E-state index in [9.17, 15) is 0 Å². The van der Waals surface area contributed by atoms with E-state index in [1.165, 1.54) is 12.8 Å². The van der Waals surface area contributed by atoms with Gasteiger partial charge in [-0.2, -0.15) is 4.68 Å². The summed E-state index contributed by atoms with van der Waals surface area (Å²) in [5.41, 5.74) is 7.09. The van der Waals surface area contributed by atoms with Gasteiger partial charge < -0.3 is 11.1 Å². The van der Waals surface area contributed by atoms with Gasteiger partial charge >= 0.3 is 0 Å². The monoisotopic (exact) mass is 258 g/mol. The number of hydrogen-bond donors (Lipinski definition) is 2. The summed E-state index contributed by atoms with van der Waals surface area (Å²) in [6.45, 7) is 0. The third-order valence-corrected chi connectivity index (χ3v) is 3.60. The molecule has 1 aromatic carbocycles. The Bertz CT molecular complexity index is 523. The van der Waals surface area contributed by atoms with Crippen molar-refractivity contribution >= 4 is 5.95 Å². The molecule has 1 aromatic heterocycles. The fourth-order valence-electron chi connectivity index (χ4n) is 2.52. The lowest BCUT2D eigenvalue weighted by Crippen LogP contribution is -2.43. The second kappa shape index (κ2) is 5.36. The molecular formula is C13H18N6. The van der Waals surface area contributed by atoms with E-state index in [0.29, 0.717) is 5.95 Å². The Morgan fingerprint density at radius 3 is 2.74 bits per heavy atom. The predicted molar refractivity (Wildman–Crippen MR) is 73.0 cm³/mol. The van der Waals surface area contributed by atoms with Crippen molar-refractivity contribution in [2.45, 2.75) is 37.8 Å². The second-order valence-corrected chi connectivity index (χ2v) is 4.95. The van der Waals surface area contributed by atoms with Crippen molar-refractivity contribution in [1.29, 1.82) is 0 Å². The largest absolute Gasteiger partial charge is 0.348 e. The number of hydrogen-bond acceptors (Lipinski definition) is 5. The Morgan fingerprint density at radius 2 is 1.95 bits per heavy atom. The topological polar surface area (TPSA) is 81.7 Å². The van der Waals surface area contributed by atoms with Crippen LogP contribution < -0.4 is 11.1 Å². The highest BCUT2D eigenvalue weighted by molar-refractivity contribution is 5.39. The first-order chi connectivity index (χ1) is 9.34. The van der Waals surface area contributed by atoms with Gasteiger partial charge in [0.1, 0.15) is 0 Å². The van der Waals surface area contributed by atoms with Crippen LogP contribution in [0.5, 0.6) is 0 Å². The molecule has 0 saturated heterocycles. The highest BCUT2D eigenvalue weighted by atomic mass is 15.6. The predicted octanol–water partition coefficient (Wildman–Crippen LogP) is 1.34. The van der Waals surface area contributed by atoms with Gasteiger partial charge in [-0.25, -0.2) is 0 Å². The maximum absolute atomic E-state index is 6.14. The summed E-state index contributed by atoms with van der Waals surface area (Å²) in [7, 11) is 0. The molecule has 6 nitrogen and oxygen atoms in total. The molecule has 1 aliphatic carbocycles. The molecule has 19 heavy (non-hydrogen) atoms. The smallest absolute Gasteiger partial charge is 0.248 e. The van der Waals surface area contributed by atoms with E-state index in [2.05, 4.69) is 20.8 Å². The summed E-state index contributed by atoms with van der Waals surface area (Å²) in [6, 6.07) is 10.3. The molecule has 0 radical (unpaired) electrons. The van der Waals surface area contributed by atoms with Gasteiger partial charge in [0.15, 0.2) is 0 Å². The normalized spacial score (nSPS) is 23.2. The highest BCUT2D eigenvalue weighted by Crippen LogP contribution is 2.21. The number of nitrogens with one attached hydrogen (secondary N) is 1. The first kappa shape index (κ1) is 12.1. The van der Waals surface area contributed by atoms with E-state index in [1.807, 2.05) is 30.3 Å². The average Bonchev–Trinajstić information content (AvgIpc) is 2.91. The highest BCUT2D eigenvalue weighted by Gasteiger charge is 2.23. The number of rotatable bonds is 3. The fraction of sp³-hybridized carbons (Fsp3) is 0.462. The van der Waals surface area contributed by atoms with Crippen LogP contribution in [0.4, 0.5) is 5.95 Å². The molecule has 2 atom stereocenters. The molecule has 3 N–H and O–H groups in total. The molecule has 1 aliphatic rings. The van der Waals surface area contributed by atoms with Gasteiger partial charge in [-0.1, -0.05) is 36.1 Å². The SMILES string of the molecule is NC1CCCCC1Nc1nnnn1-c1ccccc1. The van der Waals surface area contributed by atoms with E-state index in [0.717, 1.165) is 18.5 Å². The molecule has 100 valence electrons. The summed E-state index contributed by atoms with van der Waals surface area (Å²) in [6.07, 6.45) is 4.55. The Labute approximate surface area is 112 Å². The number of nitrogens with two attached hydrogens (primary N) is 1. The Hall–Kier alpha value is -1.95.